The van der Waals surface area contributed by atoms with E-state index in [9.17, 15) is 13.2 Å². The Hall–Kier alpha value is -3.50. The van der Waals surface area contributed by atoms with Crippen molar-refractivity contribution in [3.05, 3.63) is 47.3 Å². The molecular formula is C19H19F3N8. The van der Waals surface area contributed by atoms with Crippen molar-refractivity contribution in [2.75, 3.05) is 0 Å². The van der Waals surface area contributed by atoms with E-state index in [1.54, 1.807) is 41.9 Å². The number of nitrogens with zero attached hydrogens (tertiary/aromatic N) is 8. The second kappa shape index (κ2) is 6.78. The van der Waals surface area contributed by atoms with E-state index in [0.29, 0.717) is 11.4 Å². The quantitative estimate of drug-likeness (QED) is 0.511. The molecule has 11 heteroatoms. The van der Waals surface area contributed by atoms with Crippen molar-refractivity contribution in [1.29, 1.82) is 0 Å². The van der Waals surface area contributed by atoms with Gasteiger partial charge in [-0.1, -0.05) is 0 Å². The molecule has 0 saturated heterocycles. The lowest BCUT2D eigenvalue weighted by molar-refractivity contribution is -0.141. The smallest absolute Gasteiger partial charge is 0.272 e. The van der Waals surface area contributed by atoms with Crippen LogP contribution in [0.3, 0.4) is 0 Å². The molecule has 0 spiro atoms. The number of halogens is 3. The molecule has 0 amide bonds. The van der Waals surface area contributed by atoms with Crippen molar-refractivity contribution in [3.8, 4) is 28.5 Å². The molecular weight excluding hydrogens is 397 g/mol. The first-order chi connectivity index (χ1) is 14.1. The molecule has 0 atom stereocenters. The van der Waals surface area contributed by atoms with Crippen LogP contribution in [0.15, 0.2) is 24.5 Å². The van der Waals surface area contributed by atoms with Crippen LogP contribution in [0, 0.1) is 20.8 Å². The van der Waals surface area contributed by atoms with Crippen molar-refractivity contribution in [1.82, 2.24) is 39.3 Å². The van der Waals surface area contributed by atoms with Crippen molar-refractivity contribution < 1.29 is 13.2 Å². The second-order valence-corrected chi connectivity index (χ2v) is 7.05. The average molecular weight is 416 g/mol. The Kier molecular flexibility index (Phi) is 4.48. The minimum Gasteiger partial charge on any atom is -0.272 e. The maximum absolute atomic E-state index is 13.3. The van der Waals surface area contributed by atoms with Crippen LogP contribution in [0.2, 0.25) is 0 Å². The minimum atomic E-state index is -4.59. The Morgan fingerprint density at radius 3 is 1.97 bits per heavy atom. The van der Waals surface area contributed by atoms with Crippen LogP contribution >= 0.6 is 0 Å². The lowest BCUT2D eigenvalue weighted by Crippen LogP contribution is -2.14. The summed E-state index contributed by atoms with van der Waals surface area (Å²) in [4.78, 5) is 7.96. The first kappa shape index (κ1) is 19.8. The minimum absolute atomic E-state index is 0.159. The topological polar surface area (TPSA) is 79.2 Å². The predicted octanol–water partition coefficient (Wildman–Crippen LogP) is 3.41. The van der Waals surface area contributed by atoms with E-state index in [0.717, 1.165) is 28.6 Å². The summed E-state index contributed by atoms with van der Waals surface area (Å²) in [6.45, 7) is 5.25. The van der Waals surface area contributed by atoms with E-state index < -0.39 is 11.9 Å². The molecule has 0 N–H and O–H groups in total. The summed E-state index contributed by atoms with van der Waals surface area (Å²) in [7, 11) is 3.60. The number of hydrogen-bond acceptors (Lipinski definition) is 5. The largest absolute Gasteiger partial charge is 0.433 e. The Morgan fingerprint density at radius 2 is 1.43 bits per heavy atom. The monoisotopic (exact) mass is 416 g/mol. The van der Waals surface area contributed by atoms with Gasteiger partial charge in [0.25, 0.3) is 5.95 Å². The zero-order valence-electron chi connectivity index (χ0n) is 17.0. The molecule has 0 saturated carbocycles. The summed E-state index contributed by atoms with van der Waals surface area (Å²) in [5.41, 5.74) is 3.45. The normalized spacial score (nSPS) is 12.0. The molecule has 30 heavy (non-hydrogen) atoms. The molecule has 0 aliphatic rings. The number of aromatic nitrogens is 8. The SMILES string of the molecule is Cc1cc(C(F)(F)F)nc(-n2nc(-c3cnn(C)c3C)cc2-c2cnn(C)c2C)n1. The maximum atomic E-state index is 13.3. The van der Waals surface area contributed by atoms with Gasteiger partial charge in [0.05, 0.1) is 23.8 Å². The third-order valence-electron chi connectivity index (χ3n) is 5.05. The van der Waals surface area contributed by atoms with Crippen molar-refractivity contribution in [3.63, 3.8) is 0 Å². The van der Waals surface area contributed by atoms with Crippen LogP contribution in [-0.4, -0.2) is 39.3 Å². The molecule has 0 aliphatic heterocycles. The molecule has 8 nitrogen and oxygen atoms in total. The Morgan fingerprint density at radius 1 is 0.833 bits per heavy atom. The molecule has 4 aromatic heterocycles. The van der Waals surface area contributed by atoms with Gasteiger partial charge in [-0.05, 0) is 32.9 Å². The fourth-order valence-electron chi connectivity index (χ4n) is 3.15. The molecule has 4 heterocycles. The standard InChI is InChI=1S/C19H19F3N8/c1-10-6-17(19(20,21)22)26-18(25-10)30-16(14-9-24-29(5)12(14)3)7-15(27-30)13-8-23-28(4)11(13)2/h6-9H,1-5H3. The van der Waals surface area contributed by atoms with E-state index in [-0.39, 0.29) is 11.6 Å². The molecule has 4 aromatic rings. The van der Waals surface area contributed by atoms with Gasteiger partial charge in [-0.2, -0.15) is 33.1 Å². The maximum Gasteiger partial charge on any atom is 0.433 e. The van der Waals surface area contributed by atoms with Gasteiger partial charge in [0, 0.05) is 42.3 Å². The highest BCUT2D eigenvalue weighted by molar-refractivity contribution is 5.71. The summed E-state index contributed by atoms with van der Waals surface area (Å²) in [6, 6.07) is 2.70. The van der Waals surface area contributed by atoms with Crippen LogP contribution in [0.1, 0.15) is 22.8 Å². The number of hydrogen-bond donors (Lipinski definition) is 0. The van der Waals surface area contributed by atoms with Gasteiger partial charge in [-0.25, -0.2) is 9.97 Å². The van der Waals surface area contributed by atoms with E-state index in [1.807, 2.05) is 13.8 Å². The Balaban J connectivity index is 1.98. The van der Waals surface area contributed by atoms with Gasteiger partial charge in [0.15, 0.2) is 0 Å². The molecule has 0 radical (unpaired) electrons. The molecule has 0 bridgehead atoms. The van der Waals surface area contributed by atoms with Gasteiger partial charge in [-0.3, -0.25) is 9.36 Å². The van der Waals surface area contributed by atoms with Crippen molar-refractivity contribution in [2.24, 2.45) is 14.1 Å². The molecule has 0 aromatic carbocycles. The van der Waals surface area contributed by atoms with E-state index in [4.69, 9.17) is 0 Å². The van der Waals surface area contributed by atoms with Gasteiger partial charge >= 0.3 is 6.18 Å². The Bertz CT molecular complexity index is 1250. The number of alkyl halides is 3. The summed E-state index contributed by atoms with van der Waals surface area (Å²) in [5, 5.41) is 13.0. The van der Waals surface area contributed by atoms with E-state index >= 15 is 0 Å². The van der Waals surface area contributed by atoms with Gasteiger partial charge in [-0.15, -0.1) is 0 Å². The molecule has 0 unspecified atom stereocenters. The summed E-state index contributed by atoms with van der Waals surface area (Å²) < 4.78 is 44.7. The van der Waals surface area contributed by atoms with Gasteiger partial charge in [0.2, 0.25) is 0 Å². The predicted molar refractivity (Wildman–Crippen MR) is 103 cm³/mol. The van der Waals surface area contributed by atoms with E-state index in [1.165, 1.54) is 11.6 Å². The highest BCUT2D eigenvalue weighted by Gasteiger charge is 2.34. The van der Waals surface area contributed by atoms with Crippen molar-refractivity contribution in [2.45, 2.75) is 26.9 Å². The van der Waals surface area contributed by atoms with Crippen LogP contribution in [0.25, 0.3) is 28.5 Å². The molecule has 156 valence electrons. The average Bonchev–Trinajstić information content (AvgIpc) is 3.33. The summed E-state index contributed by atoms with van der Waals surface area (Å²) in [6.07, 6.45) is -1.29. The van der Waals surface area contributed by atoms with E-state index in [2.05, 4.69) is 25.3 Å². The Labute approximate surface area is 170 Å². The highest BCUT2D eigenvalue weighted by Crippen LogP contribution is 2.32. The van der Waals surface area contributed by atoms with Gasteiger partial charge in [0.1, 0.15) is 5.69 Å². The number of rotatable bonds is 3. The fraction of sp³-hybridized carbons (Fsp3) is 0.316. The lowest BCUT2D eigenvalue weighted by Gasteiger charge is -2.10. The third-order valence-corrected chi connectivity index (χ3v) is 5.05. The zero-order chi connectivity index (χ0) is 21.8. The lowest BCUT2D eigenvalue weighted by atomic mass is 10.1. The molecule has 0 fully saturated rings. The van der Waals surface area contributed by atoms with Crippen molar-refractivity contribution >= 4 is 0 Å². The molecule has 4 rings (SSSR count). The zero-order valence-corrected chi connectivity index (χ0v) is 17.0. The van der Waals surface area contributed by atoms with Gasteiger partial charge < -0.3 is 0 Å². The number of aryl methyl sites for hydroxylation is 3. The summed E-state index contributed by atoms with van der Waals surface area (Å²) >= 11 is 0. The van der Waals surface area contributed by atoms with Crippen LogP contribution in [0.4, 0.5) is 13.2 Å². The van der Waals surface area contributed by atoms with Crippen LogP contribution in [-0.2, 0) is 20.3 Å². The van der Waals surface area contributed by atoms with Crippen LogP contribution in [0.5, 0.6) is 0 Å². The molecule has 0 aliphatic carbocycles. The second-order valence-electron chi connectivity index (χ2n) is 7.05. The first-order valence-electron chi connectivity index (χ1n) is 9.07. The fourth-order valence-corrected chi connectivity index (χ4v) is 3.15. The first-order valence-corrected chi connectivity index (χ1v) is 9.07. The highest BCUT2D eigenvalue weighted by atomic mass is 19.4. The van der Waals surface area contributed by atoms with Crippen LogP contribution < -0.4 is 0 Å². The third kappa shape index (κ3) is 3.25. The summed E-state index contributed by atoms with van der Waals surface area (Å²) in [5.74, 6) is -0.159.